The molecule has 1 aromatic heterocycles. The van der Waals surface area contributed by atoms with Crippen molar-refractivity contribution in [3.8, 4) is 0 Å². The molecule has 0 aliphatic carbocycles. The molecule has 1 aliphatic heterocycles. The van der Waals surface area contributed by atoms with Gasteiger partial charge in [0, 0.05) is 17.8 Å². The van der Waals surface area contributed by atoms with Crippen molar-refractivity contribution in [2.75, 3.05) is 13.1 Å². The minimum absolute atomic E-state index is 0.224. The van der Waals surface area contributed by atoms with Crippen LogP contribution in [0.2, 0.25) is 0 Å². The minimum Gasteiger partial charge on any atom is -0.363 e. The van der Waals surface area contributed by atoms with Crippen molar-refractivity contribution in [3.05, 3.63) is 35.2 Å². The first kappa shape index (κ1) is 11.7. The van der Waals surface area contributed by atoms with Crippen LogP contribution in [0.1, 0.15) is 28.9 Å². The van der Waals surface area contributed by atoms with Crippen molar-refractivity contribution in [1.29, 1.82) is 0 Å². The molecule has 18 heavy (non-hydrogen) atoms. The largest absolute Gasteiger partial charge is 0.367 e. The van der Waals surface area contributed by atoms with Crippen molar-refractivity contribution in [2.45, 2.75) is 19.3 Å². The Hall–Kier alpha value is -1.39. The van der Waals surface area contributed by atoms with Gasteiger partial charge in [0.25, 0.3) is 0 Å². The number of hydrogen-bond donors (Lipinski definition) is 0. The van der Waals surface area contributed by atoms with E-state index in [2.05, 4.69) is 0 Å². The van der Waals surface area contributed by atoms with Gasteiger partial charge in [-0.05, 0) is 30.4 Å². The second-order valence-corrected chi connectivity index (χ2v) is 5.60. The van der Waals surface area contributed by atoms with Gasteiger partial charge < -0.3 is 4.84 Å². The summed E-state index contributed by atoms with van der Waals surface area (Å²) in [5, 5.41) is 2.89. The molecule has 1 saturated heterocycles. The summed E-state index contributed by atoms with van der Waals surface area (Å²) in [6.07, 6.45) is 3.45. The molecular weight excluding hydrogens is 246 g/mol. The Labute approximate surface area is 110 Å². The van der Waals surface area contributed by atoms with E-state index in [-0.39, 0.29) is 5.97 Å². The molecule has 0 atom stereocenters. The second-order valence-electron chi connectivity index (χ2n) is 4.52. The first-order valence-electron chi connectivity index (χ1n) is 6.29. The van der Waals surface area contributed by atoms with Gasteiger partial charge in [-0.25, -0.2) is 4.79 Å². The molecule has 2 heterocycles. The molecule has 0 radical (unpaired) electrons. The number of fused-ring (bicyclic) bond motifs is 1. The van der Waals surface area contributed by atoms with Crippen LogP contribution in [0.4, 0.5) is 0 Å². The number of thiophene rings is 1. The van der Waals surface area contributed by atoms with Gasteiger partial charge in [0.2, 0.25) is 0 Å². The van der Waals surface area contributed by atoms with Gasteiger partial charge in [-0.2, -0.15) is 0 Å². The molecule has 3 nitrogen and oxygen atoms in total. The average Bonchev–Trinajstić information content (AvgIpc) is 2.84. The van der Waals surface area contributed by atoms with Crippen molar-refractivity contribution in [2.24, 2.45) is 0 Å². The lowest BCUT2D eigenvalue weighted by Crippen LogP contribution is -2.32. The molecule has 1 fully saturated rings. The van der Waals surface area contributed by atoms with Crippen LogP contribution in [0.15, 0.2) is 30.3 Å². The summed E-state index contributed by atoms with van der Waals surface area (Å²) in [7, 11) is 0. The summed E-state index contributed by atoms with van der Waals surface area (Å²) in [5.74, 6) is -0.224. The second kappa shape index (κ2) is 5.08. The minimum atomic E-state index is -0.224. The van der Waals surface area contributed by atoms with Gasteiger partial charge in [-0.15, -0.1) is 16.4 Å². The van der Waals surface area contributed by atoms with E-state index in [9.17, 15) is 4.79 Å². The molecule has 0 saturated carbocycles. The number of nitrogens with zero attached hydrogens (tertiary/aromatic N) is 1. The third-order valence-electron chi connectivity index (χ3n) is 3.15. The van der Waals surface area contributed by atoms with Crippen LogP contribution >= 0.6 is 11.3 Å². The van der Waals surface area contributed by atoms with Crippen molar-refractivity contribution < 1.29 is 9.63 Å². The topological polar surface area (TPSA) is 29.5 Å². The lowest BCUT2D eigenvalue weighted by atomic mass is 10.2. The maximum atomic E-state index is 12.0. The van der Waals surface area contributed by atoms with Crippen molar-refractivity contribution >= 4 is 27.4 Å². The molecular formula is C14H15NO2S. The number of benzene rings is 1. The van der Waals surface area contributed by atoms with Crippen molar-refractivity contribution in [1.82, 2.24) is 5.06 Å². The zero-order valence-corrected chi connectivity index (χ0v) is 10.9. The lowest BCUT2D eigenvalue weighted by Gasteiger charge is -2.24. The first-order chi connectivity index (χ1) is 8.83. The first-order valence-corrected chi connectivity index (χ1v) is 7.10. The highest BCUT2D eigenvalue weighted by Crippen LogP contribution is 2.26. The van der Waals surface area contributed by atoms with Gasteiger partial charge in [-0.1, -0.05) is 24.6 Å². The zero-order valence-electron chi connectivity index (χ0n) is 10.1. The number of carbonyl (C=O) groups excluding carboxylic acids is 1. The fourth-order valence-corrected chi connectivity index (χ4v) is 3.14. The standard InChI is InChI=1S/C14H15NO2S/c16-14(17-15-8-4-1-5-9-15)13-10-11-6-2-3-7-12(11)18-13/h2-3,6-7,10H,1,4-5,8-9H2. The van der Waals surface area contributed by atoms with E-state index in [1.165, 1.54) is 17.8 Å². The van der Waals surface area contributed by atoms with Crippen LogP contribution in [0.25, 0.3) is 10.1 Å². The quantitative estimate of drug-likeness (QED) is 0.829. The normalized spacial score (nSPS) is 16.9. The maximum Gasteiger partial charge on any atom is 0.367 e. The molecule has 0 N–H and O–H groups in total. The van der Waals surface area contributed by atoms with Gasteiger partial charge >= 0.3 is 5.97 Å². The molecule has 0 bridgehead atoms. The molecule has 3 rings (SSSR count). The summed E-state index contributed by atoms with van der Waals surface area (Å²) in [6, 6.07) is 9.92. The summed E-state index contributed by atoms with van der Waals surface area (Å²) in [6.45, 7) is 1.72. The van der Waals surface area contributed by atoms with Gasteiger partial charge in [0.05, 0.1) is 0 Å². The van der Waals surface area contributed by atoms with Crippen LogP contribution in [0, 0.1) is 0 Å². The fourth-order valence-electron chi connectivity index (χ4n) is 2.20. The molecule has 0 unspecified atom stereocenters. The molecule has 1 aliphatic rings. The van der Waals surface area contributed by atoms with E-state index >= 15 is 0 Å². The van der Waals surface area contributed by atoms with Crippen LogP contribution in [0.3, 0.4) is 0 Å². The van der Waals surface area contributed by atoms with Crippen LogP contribution < -0.4 is 0 Å². The van der Waals surface area contributed by atoms with Gasteiger partial charge in [-0.3, -0.25) is 0 Å². The van der Waals surface area contributed by atoms with Crippen LogP contribution in [0.5, 0.6) is 0 Å². The predicted molar refractivity (Wildman–Crippen MR) is 72.7 cm³/mol. The highest BCUT2D eigenvalue weighted by Gasteiger charge is 2.18. The highest BCUT2D eigenvalue weighted by atomic mass is 32.1. The Morgan fingerprint density at radius 3 is 2.72 bits per heavy atom. The van der Waals surface area contributed by atoms with E-state index in [1.54, 1.807) is 5.06 Å². The molecule has 4 heteroatoms. The Balaban J connectivity index is 1.74. The monoisotopic (exact) mass is 261 g/mol. The third kappa shape index (κ3) is 2.40. The van der Waals surface area contributed by atoms with E-state index < -0.39 is 0 Å². The predicted octanol–water partition coefficient (Wildman–Crippen LogP) is 3.46. The summed E-state index contributed by atoms with van der Waals surface area (Å²) >= 11 is 1.49. The smallest absolute Gasteiger partial charge is 0.363 e. The number of hydrogen-bond acceptors (Lipinski definition) is 4. The molecule has 0 spiro atoms. The van der Waals surface area contributed by atoms with E-state index in [0.29, 0.717) is 4.88 Å². The number of rotatable bonds is 2. The number of hydroxylamine groups is 2. The van der Waals surface area contributed by atoms with Crippen LogP contribution in [-0.4, -0.2) is 24.1 Å². The lowest BCUT2D eigenvalue weighted by molar-refractivity contribution is -0.119. The molecule has 2 aromatic rings. The summed E-state index contributed by atoms with van der Waals surface area (Å²) in [4.78, 5) is 18.1. The highest BCUT2D eigenvalue weighted by molar-refractivity contribution is 7.20. The van der Waals surface area contributed by atoms with E-state index in [1.807, 2.05) is 30.3 Å². The van der Waals surface area contributed by atoms with E-state index in [4.69, 9.17) is 4.84 Å². The molecule has 0 amide bonds. The maximum absolute atomic E-state index is 12.0. The SMILES string of the molecule is O=C(ON1CCCCC1)c1cc2ccccc2s1. The number of piperidine rings is 1. The summed E-state index contributed by atoms with van der Waals surface area (Å²) in [5.41, 5.74) is 0. The van der Waals surface area contributed by atoms with Crippen molar-refractivity contribution in [3.63, 3.8) is 0 Å². The molecule has 1 aromatic carbocycles. The Kier molecular flexibility index (Phi) is 3.30. The van der Waals surface area contributed by atoms with Gasteiger partial charge in [0.1, 0.15) is 4.88 Å². The Morgan fingerprint density at radius 1 is 1.17 bits per heavy atom. The summed E-state index contributed by atoms with van der Waals surface area (Å²) < 4.78 is 1.13. The van der Waals surface area contributed by atoms with E-state index in [0.717, 1.165) is 36.0 Å². The third-order valence-corrected chi connectivity index (χ3v) is 4.25. The average molecular weight is 261 g/mol. The Morgan fingerprint density at radius 2 is 1.94 bits per heavy atom. The zero-order chi connectivity index (χ0) is 12.4. The van der Waals surface area contributed by atoms with Gasteiger partial charge in [0.15, 0.2) is 0 Å². The van der Waals surface area contributed by atoms with Crippen LogP contribution in [-0.2, 0) is 4.84 Å². The molecule has 94 valence electrons. The Bertz CT molecular complexity index is 525. The number of carbonyl (C=O) groups is 1. The fraction of sp³-hybridized carbons (Fsp3) is 0.357.